The maximum Gasteiger partial charge on any atom is 0.245 e. The molecular formula is C21H27Cl3N4OS. The Labute approximate surface area is 198 Å². The molecule has 1 aliphatic heterocycles. The molecule has 1 heterocycles. The van der Waals surface area contributed by atoms with Gasteiger partial charge in [0.25, 0.3) is 0 Å². The number of alkyl halides is 3. The molecule has 5 nitrogen and oxygen atoms in total. The molecule has 2 aliphatic rings. The molecule has 1 aromatic carbocycles. The van der Waals surface area contributed by atoms with E-state index in [2.05, 4.69) is 27.3 Å². The Hall–Kier alpha value is -1.21. The van der Waals surface area contributed by atoms with E-state index in [-0.39, 0.29) is 11.0 Å². The molecule has 9 heteroatoms. The van der Waals surface area contributed by atoms with E-state index in [1.807, 2.05) is 18.2 Å². The van der Waals surface area contributed by atoms with Gasteiger partial charge in [-0.05, 0) is 61.5 Å². The molecule has 3 rings (SSSR count). The number of carbonyl (C=O) groups excluding carboxylic acids is 1. The molecule has 1 aliphatic carbocycles. The summed E-state index contributed by atoms with van der Waals surface area (Å²) < 4.78 is -1.78. The standard InChI is InChI=1S/C21H27Cl3N4OS/c22-21(23,24)19(27-17(29)12-11-14-6-2-1-3-7-14)28-20(30)26-16-10-4-8-15-9-5-13-25-18(15)16/h4,8,10-12,14,19,25H,1-3,5-7,9,13H2,(H,27,29)(H2,26,28,30)/b12-11+. The average molecular weight is 490 g/mol. The second-order valence-corrected chi connectivity index (χ2v) is 10.5. The van der Waals surface area contributed by atoms with E-state index in [4.69, 9.17) is 47.0 Å². The number of rotatable bonds is 5. The lowest BCUT2D eigenvalue weighted by atomic mass is 9.89. The molecule has 1 unspecified atom stereocenters. The summed E-state index contributed by atoms with van der Waals surface area (Å²) in [7, 11) is 0. The number of fused-ring (bicyclic) bond motifs is 1. The molecule has 1 fully saturated rings. The first-order valence-electron chi connectivity index (χ1n) is 10.3. The van der Waals surface area contributed by atoms with E-state index in [1.165, 1.54) is 30.9 Å². The number of thiocarbonyl (C=S) groups is 1. The lowest BCUT2D eigenvalue weighted by Gasteiger charge is -2.28. The molecule has 0 radical (unpaired) electrons. The van der Waals surface area contributed by atoms with E-state index >= 15 is 0 Å². The summed E-state index contributed by atoms with van der Waals surface area (Å²) in [4.78, 5) is 12.4. The predicted octanol–water partition coefficient (Wildman–Crippen LogP) is 5.28. The van der Waals surface area contributed by atoms with Crippen LogP contribution in [0.5, 0.6) is 0 Å². The number of para-hydroxylation sites is 1. The van der Waals surface area contributed by atoms with Crippen LogP contribution in [-0.2, 0) is 11.2 Å². The number of allylic oxidation sites excluding steroid dienone is 1. The fourth-order valence-electron chi connectivity index (χ4n) is 3.84. The molecule has 4 N–H and O–H groups in total. The van der Waals surface area contributed by atoms with Gasteiger partial charge in [0, 0.05) is 6.54 Å². The van der Waals surface area contributed by atoms with Crippen LogP contribution in [-0.4, -0.2) is 27.5 Å². The van der Waals surface area contributed by atoms with Gasteiger partial charge < -0.3 is 21.3 Å². The Balaban J connectivity index is 1.60. The fourth-order valence-corrected chi connectivity index (χ4v) is 4.40. The van der Waals surface area contributed by atoms with Crippen LogP contribution in [0.4, 0.5) is 11.4 Å². The van der Waals surface area contributed by atoms with Crippen LogP contribution >= 0.6 is 47.0 Å². The normalized spacial score (nSPS) is 18.2. The number of carbonyl (C=O) groups is 1. The second kappa shape index (κ2) is 10.9. The minimum absolute atomic E-state index is 0.253. The lowest BCUT2D eigenvalue weighted by Crippen LogP contribution is -2.55. The summed E-state index contributed by atoms with van der Waals surface area (Å²) in [6.07, 6.45) is 10.5. The van der Waals surface area contributed by atoms with Crippen molar-refractivity contribution in [1.29, 1.82) is 0 Å². The zero-order valence-corrected chi connectivity index (χ0v) is 19.7. The number of anilines is 2. The van der Waals surface area contributed by atoms with Crippen molar-refractivity contribution in [2.45, 2.75) is 54.9 Å². The summed E-state index contributed by atoms with van der Waals surface area (Å²) in [5.41, 5.74) is 3.10. The van der Waals surface area contributed by atoms with E-state index in [0.717, 1.165) is 43.6 Å². The third-order valence-corrected chi connectivity index (χ3v) is 6.26. The number of hydrogen-bond acceptors (Lipinski definition) is 3. The molecule has 30 heavy (non-hydrogen) atoms. The molecule has 0 spiro atoms. The van der Waals surface area contributed by atoms with Crippen molar-refractivity contribution >= 4 is 69.4 Å². The van der Waals surface area contributed by atoms with Crippen LogP contribution in [0.25, 0.3) is 0 Å². The molecule has 0 aromatic heterocycles. The van der Waals surface area contributed by atoms with E-state index in [1.54, 1.807) is 0 Å². The largest absolute Gasteiger partial charge is 0.383 e. The van der Waals surface area contributed by atoms with Gasteiger partial charge in [-0.3, -0.25) is 4.79 Å². The highest BCUT2D eigenvalue weighted by Crippen LogP contribution is 2.31. The predicted molar refractivity (Wildman–Crippen MR) is 131 cm³/mol. The highest BCUT2D eigenvalue weighted by molar-refractivity contribution is 7.80. The molecule has 0 bridgehead atoms. The van der Waals surface area contributed by atoms with Crippen molar-refractivity contribution in [3.8, 4) is 0 Å². The number of amides is 1. The van der Waals surface area contributed by atoms with Crippen LogP contribution in [0, 0.1) is 5.92 Å². The van der Waals surface area contributed by atoms with Crippen molar-refractivity contribution in [2.24, 2.45) is 5.92 Å². The van der Waals surface area contributed by atoms with E-state index in [9.17, 15) is 4.79 Å². The summed E-state index contributed by atoms with van der Waals surface area (Å²) in [5.74, 6) is 0.106. The van der Waals surface area contributed by atoms with Crippen LogP contribution in [0.2, 0.25) is 0 Å². The van der Waals surface area contributed by atoms with E-state index in [0.29, 0.717) is 5.92 Å². The average Bonchev–Trinajstić information content (AvgIpc) is 2.72. The first-order valence-corrected chi connectivity index (χ1v) is 11.9. The topological polar surface area (TPSA) is 65.2 Å². The number of benzene rings is 1. The Morgan fingerprint density at radius 3 is 2.67 bits per heavy atom. The molecule has 164 valence electrons. The van der Waals surface area contributed by atoms with Crippen LogP contribution < -0.4 is 21.3 Å². The first kappa shape index (κ1) is 23.5. The summed E-state index contributed by atoms with van der Waals surface area (Å²) >= 11 is 23.7. The molecule has 1 atom stereocenters. The monoisotopic (exact) mass is 488 g/mol. The molecule has 0 saturated heterocycles. The lowest BCUT2D eigenvalue weighted by molar-refractivity contribution is -0.117. The quantitative estimate of drug-likeness (QED) is 0.196. The Kier molecular flexibility index (Phi) is 8.52. The third kappa shape index (κ3) is 6.91. The van der Waals surface area contributed by atoms with Gasteiger partial charge in [0.2, 0.25) is 9.70 Å². The number of hydrogen-bond donors (Lipinski definition) is 4. The highest BCUT2D eigenvalue weighted by atomic mass is 35.6. The minimum atomic E-state index is -1.78. The van der Waals surface area contributed by atoms with Crippen molar-refractivity contribution in [2.75, 3.05) is 17.2 Å². The highest BCUT2D eigenvalue weighted by Gasteiger charge is 2.34. The maximum atomic E-state index is 12.4. The number of nitrogens with one attached hydrogen (secondary N) is 4. The molecule has 1 saturated carbocycles. The van der Waals surface area contributed by atoms with Crippen LogP contribution in [0.3, 0.4) is 0 Å². The SMILES string of the molecule is O=C(/C=C/C1CCCCC1)NC(NC(=S)Nc1cccc2c1NCCC2)C(Cl)(Cl)Cl. The Morgan fingerprint density at radius 2 is 1.93 bits per heavy atom. The van der Waals surface area contributed by atoms with Gasteiger partial charge in [0.1, 0.15) is 6.17 Å². The van der Waals surface area contributed by atoms with E-state index < -0.39 is 9.96 Å². The Morgan fingerprint density at radius 1 is 1.17 bits per heavy atom. The Bertz CT molecular complexity index is 791. The summed E-state index contributed by atoms with van der Waals surface area (Å²) in [5, 5.41) is 12.4. The third-order valence-electron chi connectivity index (χ3n) is 5.38. The van der Waals surface area contributed by atoms with Gasteiger partial charge in [-0.25, -0.2) is 0 Å². The van der Waals surface area contributed by atoms with Crippen molar-refractivity contribution in [1.82, 2.24) is 10.6 Å². The van der Waals surface area contributed by atoms with Gasteiger partial charge in [0.15, 0.2) is 5.11 Å². The van der Waals surface area contributed by atoms with Gasteiger partial charge in [-0.2, -0.15) is 0 Å². The number of aryl methyl sites for hydroxylation is 1. The van der Waals surface area contributed by atoms with Crippen LogP contribution in [0.15, 0.2) is 30.4 Å². The molecule has 1 amide bonds. The summed E-state index contributed by atoms with van der Waals surface area (Å²) in [6.45, 7) is 0.909. The van der Waals surface area contributed by atoms with Gasteiger partial charge in [-0.1, -0.05) is 72.3 Å². The zero-order chi connectivity index (χ0) is 21.6. The second-order valence-electron chi connectivity index (χ2n) is 7.71. The maximum absolute atomic E-state index is 12.4. The number of halogens is 3. The molecular weight excluding hydrogens is 463 g/mol. The van der Waals surface area contributed by atoms with Crippen molar-refractivity contribution in [3.05, 3.63) is 35.9 Å². The van der Waals surface area contributed by atoms with Crippen LogP contribution in [0.1, 0.15) is 44.1 Å². The first-order chi connectivity index (χ1) is 14.3. The van der Waals surface area contributed by atoms with Gasteiger partial charge in [-0.15, -0.1) is 0 Å². The van der Waals surface area contributed by atoms with Crippen molar-refractivity contribution in [3.63, 3.8) is 0 Å². The fraction of sp³-hybridized carbons (Fsp3) is 0.524. The van der Waals surface area contributed by atoms with Gasteiger partial charge in [0.05, 0.1) is 11.4 Å². The smallest absolute Gasteiger partial charge is 0.245 e. The van der Waals surface area contributed by atoms with Gasteiger partial charge >= 0.3 is 0 Å². The summed E-state index contributed by atoms with van der Waals surface area (Å²) in [6, 6.07) is 5.99. The zero-order valence-electron chi connectivity index (χ0n) is 16.6. The minimum Gasteiger partial charge on any atom is -0.383 e. The molecule has 1 aromatic rings. The van der Waals surface area contributed by atoms with Crippen molar-refractivity contribution < 1.29 is 4.79 Å².